The molecule has 0 saturated carbocycles. The van der Waals surface area contributed by atoms with Crippen molar-refractivity contribution in [1.29, 1.82) is 3.37 Å². The summed E-state index contributed by atoms with van der Waals surface area (Å²) in [7, 11) is -4.68. The molecule has 0 radical (unpaired) electrons. The Morgan fingerprint density at radius 1 is 2.67 bits per heavy atom. The molecule has 0 bridgehead atoms. The van der Waals surface area contributed by atoms with Crippen LogP contribution in [0.3, 0.4) is 0 Å². The van der Waals surface area contributed by atoms with E-state index in [-0.39, 0.29) is 0 Å². The van der Waals surface area contributed by atoms with Crippen LogP contribution < -0.4 is 0 Å². The maximum atomic E-state index is 12.8. The van der Waals surface area contributed by atoms with Crippen molar-refractivity contribution in [3.8, 4) is 0 Å². The zero-order valence-electron chi connectivity index (χ0n) is 6.35. The molecule has 42 valence electrons. The quantitative estimate of drug-likeness (QED) is 0.463. The van der Waals surface area contributed by atoms with E-state index in [2.05, 4.69) is 11.7 Å². The minimum Gasteiger partial charge on any atom is -0.214 e. The van der Waals surface area contributed by atoms with Crippen LogP contribution >= 0.6 is 33.4 Å². The topological polar surface area (TPSA) is 0 Å². The van der Waals surface area contributed by atoms with Crippen LogP contribution in [0.1, 0.15) is 0 Å². The third kappa shape index (κ3) is 4.98. The van der Waals surface area contributed by atoms with E-state index < -0.39 is 16.1 Å². The Balaban J connectivity index is 4.34. The van der Waals surface area contributed by atoms with E-state index in [1.54, 1.807) is 0 Å². The van der Waals surface area contributed by atoms with E-state index in [0.717, 1.165) is 0 Å². The Morgan fingerprint density at radius 3 is 3.17 bits per heavy atom. The van der Waals surface area contributed by atoms with Crippen LogP contribution in [-0.4, -0.2) is 14.7 Å². The van der Waals surface area contributed by atoms with Crippen molar-refractivity contribution >= 4 is 33.4 Å². The van der Waals surface area contributed by atoms with Crippen molar-refractivity contribution in [2.75, 3.05) is 11.3 Å². The van der Waals surface area contributed by atoms with Gasteiger partial charge in [-0.15, -0.1) is 11.7 Å². The molecule has 4 heteroatoms. The first kappa shape index (κ1) is 3.10. The van der Waals surface area contributed by atoms with Gasteiger partial charge >= 0.3 is 0 Å². The Bertz CT molecular complexity index is 111. The van der Waals surface area contributed by atoms with E-state index in [1.807, 2.05) is 0 Å². The predicted molar refractivity (Wildman–Crippen MR) is 40.3 cm³/mol. The monoisotopic (exact) mass is 153 g/mol. The lowest BCUT2D eigenvalue weighted by Gasteiger charge is -2.00. The molecule has 0 aliphatic rings. The van der Waals surface area contributed by atoms with Crippen molar-refractivity contribution in [3.63, 3.8) is 0 Å². The third-order valence-electron chi connectivity index (χ3n) is 0.215. The Morgan fingerprint density at radius 2 is 3.17 bits per heavy atom. The standard InChI is InChI=1S/C2H9FS3/c1-6(3)2-5-4/h4H,2H2,1,6H3/i6T2D. The maximum absolute atomic E-state index is 12.8. The minimum absolute atomic E-state index is 0.497. The zero-order valence-corrected chi connectivity index (χ0v) is 5.88. The summed E-state index contributed by atoms with van der Waals surface area (Å²) in [6, 6.07) is 0. The molecule has 0 N–H and O–H groups in total. The summed E-state index contributed by atoms with van der Waals surface area (Å²) in [6.07, 6.45) is 0.698. The maximum Gasteiger partial charge on any atom is 0.0911 e. The van der Waals surface area contributed by atoms with Gasteiger partial charge < -0.3 is 0 Å². The number of thiol groups is 1. The van der Waals surface area contributed by atoms with Crippen molar-refractivity contribution in [2.45, 2.75) is 0 Å². The number of hydrogen-bond acceptors (Lipinski definition) is 2. The molecular weight excluding hydrogens is 139 g/mol. The minimum atomic E-state index is -5.40. The first-order valence-corrected chi connectivity index (χ1v) is 5.06. The van der Waals surface area contributed by atoms with Crippen LogP contribution in [0.15, 0.2) is 0 Å². The van der Waals surface area contributed by atoms with Gasteiger partial charge in [0.05, 0.1) is 3.37 Å². The van der Waals surface area contributed by atoms with E-state index in [0.29, 0.717) is 17.0 Å². The molecule has 0 nitrogen and oxygen atoms in total. The summed E-state index contributed by atoms with van der Waals surface area (Å²) >= 11 is 3.57. The Kier molecular flexibility index (Phi) is 2.14. The lowest BCUT2D eigenvalue weighted by atomic mass is 11.9. The fourth-order valence-corrected chi connectivity index (χ4v) is 1.96. The molecule has 0 rings (SSSR count). The third-order valence-corrected chi connectivity index (χ3v) is 2.88. The Hall–Kier alpha value is 0.980. The number of hydrogen-bond donors (Lipinski definition) is 1. The fraction of sp³-hybridized carbons (Fsp3) is 1.00. The highest BCUT2D eigenvalue weighted by Gasteiger charge is 1.81. The molecule has 6 heavy (non-hydrogen) atoms. The van der Waals surface area contributed by atoms with Crippen molar-refractivity contribution in [3.05, 3.63) is 0 Å². The largest absolute Gasteiger partial charge is 0.214 e. The molecule has 0 saturated heterocycles. The van der Waals surface area contributed by atoms with Gasteiger partial charge in [-0.2, -0.15) is 11.0 Å². The average Bonchev–Trinajstić information content (AvgIpc) is 1.22. The van der Waals surface area contributed by atoms with Gasteiger partial charge in [-0.05, 0) is 6.26 Å². The second-order valence-electron chi connectivity index (χ2n) is 0.799. The molecule has 0 aliphatic carbocycles. The van der Waals surface area contributed by atoms with Crippen LogP contribution in [0.5, 0.6) is 0 Å². The number of rotatable bonds is 2. The molecule has 0 atom stereocenters. The highest BCUT2D eigenvalue weighted by molar-refractivity contribution is 8.70. The molecule has 0 fully saturated rings. The van der Waals surface area contributed by atoms with E-state index in [4.69, 9.17) is 3.37 Å². The molecule has 0 unspecified atom stereocenters. The van der Waals surface area contributed by atoms with Crippen LogP contribution in [-0.2, 0) is 0 Å². The Labute approximate surface area is 52.6 Å². The van der Waals surface area contributed by atoms with Gasteiger partial charge in [0.15, 0.2) is 0 Å². The number of halogens is 1. The molecule has 0 aromatic rings. The fourth-order valence-electron chi connectivity index (χ4n) is 0.0726. The summed E-state index contributed by atoms with van der Waals surface area (Å²) in [5, 5.41) is -0.497. The second-order valence-corrected chi connectivity index (χ2v) is 3.88. The summed E-state index contributed by atoms with van der Waals surface area (Å²) in [5.74, 6) is 0. The molecule has 0 heterocycles. The normalized spacial score (nSPS) is 31.5. The van der Waals surface area contributed by atoms with Gasteiger partial charge in [-0.3, -0.25) is 0 Å². The van der Waals surface area contributed by atoms with Gasteiger partial charge in [0.1, 0.15) is 0 Å². The lowest BCUT2D eigenvalue weighted by molar-refractivity contribution is 0.927. The zero-order chi connectivity index (χ0) is 7.82. The average molecular weight is 153 g/mol. The van der Waals surface area contributed by atoms with Crippen molar-refractivity contribution < 1.29 is 3.89 Å². The molecule has 0 spiro atoms. The summed E-state index contributed by atoms with van der Waals surface area (Å²) in [4.78, 5) is 0. The van der Waals surface area contributed by atoms with E-state index >= 15 is 0 Å². The van der Waals surface area contributed by atoms with Crippen LogP contribution in [0, 0.1) is 0 Å². The first-order valence-electron chi connectivity index (χ1n) is 2.55. The predicted octanol–water partition coefficient (Wildman–Crippen LogP) is 1.50. The van der Waals surface area contributed by atoms with Crippen molar-refractivity contribution in [2.24, 2.45) is 0 Å². The van der Waals surface area contributed by atoms with E-state index in [1.165, 1.54) is 0 Å². The van der Waals surface area contributed by atoms with Crippen molar-refractivity contribution in [1.82, 2.24) is 0 Å². The molecule has 0 amide bonds. The summed E-state index contributed by atoms with van der Waals surface area (Å²) < 4.78 is 33.1. The summed E-state index contributed by atoms with van der Waals surface area (Å²) in [6.45, 7) is 0. The summed E-state index contributed by atoms with van der Waals surface area (Å²) in [5.41, 5.74) is 0. The highest BCUT2D eigenvalue weighted by Crippen LogP contribution is 2.27. The van der Waals surface area contributed by atoms with Gasteiger partial charge in [-0.1, -0.05) is 10.8 Å². The van der Waals surface area contributed by atoms with Crippen LogP contribution in [0.2, 0.25) is 0 Å². The SMILES string of the molecule is [2H]S([3H])([3H])(C)(F)CSS. The molecule has 0 aromatic heterocycles. The van der Waals surface area contributed by atoms with Gasteiger partial charge in [-0.25, -0.2) is 3.89 Å². The smallest absolute Gasteiger partial charge is 0.0911 e. The van der Waals surface area contributed by atoms with Gasteiger partial charge in [0, 0.05) is 5.08 Å². The first-order chi connectivity index (χ1) is 3.54. The second kappa shape index (κ2) is 4.15. The lowest BCUT2D eigenvalue weighted by Crippen LogP contribution is -1.64. The van der Waals surface area contributed by atoms with Gasteiger partial charge in [0.2, 0.25) is 0 Å². The van der Waals surface area contributed by atoms with Gasteiger partial charge in [0.25, 0.3) is 0 Å². The molecule has 0 aromatic carbocycles. The molecule has 0 aliphatic heterocycles. The van der Waals surface area contributed by atoms with E-state index in [9.17, 15) is 3.89 Å². The molecular formula is C2H9FS3. The van der Waals surface area contributed by atoms with Crippen LogP contribution in [0.4, 0.5) is 3.89 Å². The van der Waals surface area contributed by atoms with Crippen LogP contribution in [0.25, 0.3) is 0 Å². The highest BCUT2D eigenvalue weighted by atomic mass is 33.1.